The molecule has 1 rings (SSSR count). The average molecular weight is 313 g/mol. The molecule has 18 heavy (non-hydrogen) atoms. The molecule has 1 aromatic rings. The molecular formula is C13H17BrN2O2. The lowest BCUT2D eigenvalue weighted by Gasteiger charge is -2.08. The Morgan fingerprint density at radius 3 is 2.67 bits per heavy atom. The summed E-state index contributed by atoms with van der Waals surface area (Å²) in [5, 5.41) is 5.42. The standard InChI is InChI=1S/C13H17BrN2O2/c1-3-15-12(17)7-8-16-13(18)10-5-4-6-11(14)9(10)2/h4-6H,3,7-8H2,1-2H3,(H,15,17)(H,16,18). The zero-order valence-corrected chi connectivity index (χ0v) is 12.1. The number of hydrogen-bond donors (Lipinski definition) is 2. The molecule has 0 aliphatic heterocycles. The van der Waals surface area contributed by atoms with Crippen LogP contribution in [0, 0.1) is 6.92 Å². The van der Waals surface area contributed by atoms with Gasteiger partial charge in [0.05, 0.1) is 0 Å². The van der Waals surface area contributed by atoms with E-state index in [0.717, 1.165) is 10.0 Å². The SMILES string of the molecule is CCNC(=O)CCNC(=O)c1cccc(Br)c1C. The summed E-state index contributed by atoms with van der Waals surface area (Å²) in [6.07, 6.45) is 0.298. The number of hydrogen-bond acceptors (Lipinski definition) is 2. The van der Waals surface area contributed by atoms with E-state index in [2.05, 4.69) is 26.6 Å². The van der Waals surface area contributed by atoms with Crippen molar-refractivity contribution in [3.05, 3.63) is 33.8 Å². The van der Waals surface area contributed by atoms with Crippen LogP contribution < -0.4 is 10.6 Å². The zero-order chi connectivity index (χ0) is 13.5. The van der Waals surface area contributed by atoms with Crippen molar-refractivity contribution in [2.45, 2.75) is 20.3 Å². The maximum absolute atomic E-state index is 11.9. The maximum Gasteiger partial charge on any atom is 0.251 e. The molecule has 0 saturated heterocycles. The van der Waals surface area contributed by atoms with Gasteiger partial charge in [-0.1, -0.05) is 22.0 Å². The summed E-state index contributed by atoms with van der Waals surface area (Å²) in [4.78, 5) is 23.1. The second-order valence-electron chi connectivity index (χ2n) is 3.87. The minimum Gasteiger partial charge on any atom is -0.356 e. The summed E-state index contributed by atoms with van der Waals surface area (Å²) >= 11 is 3.38. The third kappa shape index (κ3) is 4.14. The highest BCUT2D eigenvalue weighted by atomic mass is 79.9. The first-order valence-electron chi connectivity index (χ1n) is 5.86. The van der Waals surface area contributed by atoms with Gasteiger partial charge in [0.2, 0.25) is 5.91 Å². The van der Waals surface area contributed by atoms with E-state index in [4.69, 9.17) is 0 Å². The minimum absolute atomic E-state index is 0.0521. The summed E-state index contributed by atoms with van der Waals surface area (Å²) in [6.45, 7) is 4.69. The van der Waals surface area contributed by atoms with Crippen LogP contribution in [0.2, 0.25) is 0 Å². The molecule has 0 aromatic heterocycles. The van der Waals surface area contributed by atoms with E-state index in [1.54, 1.807) is 6.07 Å². The fourth-order valence-corrected chi connectivity index (χ4v) is 1.89. The van der Waals surface area contributed by atoms with Crippen LogP contribution in [0.5, 0.6) is 0 Å². The highest BCUT2D eigenvalue weighted by molar-refractivity contribution is 9.10. The number of carbonyl (C=O) groups excluding carboxylic acids is 2. The van der Waals surface area contributed by atoms with Gasteiger partial charge in [0.1, 0.15) is 0 Å². The molecule has 2 N–H and O–H groups in total. The molecule has 0 bridgehead atoms. The van der Waals surface area contributed by atoms with Crippen LogP contribution in [-0.2, 0) is 4.79 Å². The lowest BCUT2D eigenvalue weighted by molar-refractivity contribution is -0.120. The smallest absolute Gasteiger partial charge is 0.251 e. The van der Waals surface area contributed by atoms with Crippen LogP contribution in [0.25, 0.3) is 0 Å². The van der Waals surface area contributed by atoms with Gasteiger partial charge in [-0.3, -0.25) is 9.59 Å². The van der Waals surface area contributed by atoms with Crippen molar-refractivity contribution in [1.29, 1.82) is 0 Å². The highest BCUT2D eigenvalue weighted by Gasteiger charge is 2.10. The Hall–Kier alpha value is -1.36. The molecule has 0 atom stereocenters. The number of nitrogens with one attached hydrogen (secondary N) is 2. The fourth-order valence-electron chi connectivity index (χ4n) is 1.52. The first-order chi connectivity index (χ1) is 8.56. The Labute approximate surface area is 115 Å². The van der Waals surface area contributed by atoms with Crippen molar-refractivity contribution >= 4 is 27.7 Å². The topological polar surface area (TPSA) is 58.2 Å². The van der Waals surface area contributed by atoms with E-state index in [0.29, 0.717) is 25.1 Å². The van der Waals surface area contributed by atoms with Crippen LogP contribution in [0.3, 0.4) is 0 Å². The molecule has 0 aliphatic carbocycles. The van der Waals surface area contributed by atoms with Crippen molar-refractivity contribution in [1.82, 2.24) is 10.6 Å². The molecule has 0 unspecified atom stereocenters. The molecule has 4 nitrogen and oxygen atoms in total. The van der Waals surface area contributed by atoms with Crippen molar-refractivity contribution in [2.24, 2.45) is 0 Å². The van der Waals surface area contributed by atoms with Crippen LogP contribution in [0.4, 0.5) is 0 Å². The van der Waals surface area contributed by atoms with E-state index in [-0.39, 0.29) is 11.8 Å². The van der Waals surface area contributed by atoms with Crippen molar-refractivity contribution < 1.29 is 9.59 Å². The van der Waals surface area contributed by atoms with Gasteiger partial charge >= 0.3 is 0 Å². The summed E-state index contributed by atoms with van der Waals surface area (Å²) in [7, 11) is 0. The third-order valence-corrected chi connectivity index (χ3v) is 3.38. The Balaban J connectivity index is 2.51. The van der Waals surface area contributed by atoms with Crippen molar-refractivity contribution in [3.8, 4) is 0 Å². The second kappa shape index (κ2) is 7.16. The zero-order valence-electron chi connectivity index (χ0n) is 10.5. The Morgan fingerprint density at radius 2 is 2.00 bits per heavy atom. The Bertz CT molecular complexity index is 447. The number of halogens is 1. The van der Waals surface area contributed by atoms with Gasteiger partial charge in [0.25, 0.3) is 5.91 Å². The maximum atomic E-state index is 11.9. The van der Waals surface area contributed by atoms with Crippen LogP contribution in [-0.4, -0.2) is 24.9 Å². The highest BCUT2D eigenvalue weighted by Crippen LogP contribution is 2.19. The Morgan fingerprint density at radius 1 is 1.28 bits per heavy atom. The molecule has 0 fully saturated rings. The number of benzene rings is 1. The third-order valence-electron chi connectivity index (χ3n) is 2.52. The quantitative estimate of drug-likeness (QED) is 0.874. The predicted molar refractivity (Wildman–Crippen MR) is 74.5 cm³/mol. The van der Waals surface area contributed by atoms with Crippen LogP contribution >= 0.6 is 15.9 Å². The minimum atomic E-state index is -0.155. The largest absolute Gasteiger partial charge is 0.356 e. The van der Waals surface area contributed by atoms with Crippen molar-refractivity contribution in [2.75, 3.05) is 13.1 Å². The van der Waals surface area contributed by atoms with Gasteiger partial charge < -0.3 is 10.6 Å². The summed E-state index contributed by atoms with van der Waals surface area (Å²) in [6, 6.07) is 5.47. The van der Waals surface area contributed by atoms with E-state index in [9.17, 15) is 9.59 Å². The molecule has 5 heteroatoms. The fraction of sp³-hybridized carbons (Fsp3) is 0.385. The van der Waals surface area contributed by atoms with Gasteiger partial charge in [-0.15, -0.1) is 0 Å². The van der Waals surface area contributed by atoms with Gasteiger partial charge in [-0.25, -0.2) is 0 Å². The molecule has 0 aliphatic rings. The van der Waals surface area contributed by atoms with Crippen LogP contribution in [0.1, 0.15) is 29.3 Å². The summed E-state index contributed by atoms with van der Waals surface area (Å²) < 4.78 is 0.902. The van der Waals surface area contributed by atoms with E-state index in [1.165, 1.54) is 0 Å². The van der Waals surface area contributed by atoms with Gasteiger partial charge in [0.15, 0.2) is 0 Å². The number of carbonyl (C=O) groups is 2. The second-order valence-corrected chi connectivity index (χ2v) is 4.73. The molecule has 0 spiro atoms. The van der Waals surface area contributed by atoms with E-state index in [1.807, 2.05) is 26.0 Å². The average Bonchev–Trinajstić information content (AvgIpc) is 2.33. The van der Waals surface area contributed by atoms with Gasteiger partial charge in [-0.05, 0) is 31.5 Å². The first-order valence-corrected chi connectivity index (χ1v) is 6.65. The summed E-state index contributed by atoms with van der Waals surface area (Å²) in [5.74, 6) is -0.207. The van der Waals surface area contributed by atoms with Gasteiger partial charge in [0, 0.05) is 29.5 Å². The summed E-state index contributed by atoms with van der Waals surface area (Å²) in [5.41, 5.74) is 1.52. The Kier molecular flexibility index (Phi) is 5.85. The molecule has 0 saturated carbocycles. The molecule has 0 radical (unpaired) electrons. The molecular weight excluding hydrogens is 296 g/mol. The normalized spacial score (nSPS) is 9.94. The lowest BCUT2D eigenvalue weighted by Crippen LogP contribution is -2.30. The van der Waals surface area contributed by atoms with Crippen LogP contribution in [0.15, 0.2) is 22.7 Å². The monoisotopic (exact) mass is 312 g/mol. The first kappa shape index (κ1) is 14.7. The molecule has 2 amide bonds. The van der Waals surface area contributed by atoms with Gasteiger partial charge in [-0.2, -0.15) is 0 Å². The molecule has 0 heterocycles. The van der Waals surface area contributed by atoms with E-state index >= 15 is 0 Å². The van der Waals surface area contributed by atoms with E-state index < -0.39 is 0 Å². The lowest BCUT2D eigenvalue weighted by atomic mass is 10.1. The molecule has 1 aromatic carbocycles. The number of amides is 2. The number of rotatable bonds is 5. The molecule has 98 valence electrons. The van der Waals surface area contributed by atoms with Crippen molar-refractivity contribution in [3.63, 3.8) is 0 Å². The predicted octanol–water partition coefficient (Wildman–Crippen LogP) is 2.01.